The van der Waals surface area contributed by atoms with E-state index in [9.17, 15) is 14.9 Å². The Hall–Kier alpha value is -4.21. The predicted octanol–water partition coefficient (Wildman–Crippen LogP) is 3.05. The summed E-state index contributed by atoms with van der Waals surface area (Å²) in [6.45, 7) is 0. The van der Waals surface area contributed by atoms with Crippen LogP contribution in [0.15, 0.2) is 48.5 Å². The highest BCUT2D eigenvalue weighted by molar-refractivity contribution is 6.01. The second-order valence-corrected chi connectivity index (χ2v) is 5.71. The van der Waals surface area contributed by atoms with Gasteiger partial charge in [-0.1, -0.05) is 12.1 Å². The molecular formula is C19H17N5O5. The summed E-state index contributed by atoms with van der Waals surface area (Å²) in [4.78, 5) is 26.8. The molecule has 0 aliphatic rings. The smallest absolute Gasteiger partial charge is 0.276 e. The molecule has 0 aliphatic carbocycles. The number of carbonyl (C=O) groups excluding carboxylic acids is 1. The number of methoxy groups -OCH3 is 2. The van der Waals surface area contributed by atoms with Gasteiger partial charge >= 0.3 is 0 Å². The monoisotopic (exact) mass is 395 g/mol. The number of nitrogens with zero attached hydrogens (tertiary/aromatic N) is 3. The van der Waals surface area contributed by atoms with Crippen LogP contribution in [0.1, 0.15) is 5.56 Å². The topological polar surface area (TPSA) is 132 Å². The van der Waals surface area contributed by atoms with Gasteiger partial charge in [0.1, 0.15) is 11.5 Å². The zero-order valence-electron chi connectivity index (χ0n) is 15.6. The van der Waals surface area contributed by atoms with E-state index in [1.54, 1.807) is 43.5 Å². The van der Waals surface area contributed by atoms with Crippen LogP contribution >= 0.6 is 0 Å². The Bertz CT molecular complexity index is 1080. The van der Waals surface area contributed by atoms with E-state index in [-0.39, 0.29) is 11.6 Å². The van der Waals surface area contributed by atoms with Crippen LogP contribution in [-0.4, -0.2) is 40.2 Å². The number of carbonyl (C=O) groups is 1. The normalized spacial score (nSPS) is 10.7. The van der Waals surface area contributed by atoms with Gasteiger partial charge < -0.3 is 9.47 Å². The molecule has 1 amide bonds. The van der Waals surface area contributed by atoms with Gasteiger partial charge in [-0.2, -0.15) is 4.98 Å². The molecule has 0 fully saturated rings. The molecule has 148 valence electrons. The van der Waals surface area contributed by atoms with Gasteiger partial charge in [-0.15, -0.1) is 5.10 Å². The molecule has 0 saturated carbocycles. The molecule has 0 atom stereocenters. The molecule has 29 heavy (non-hydrogen) atoms. The molecule has 0 aliphatic heterocycles. The highest BCUT2D eigenvalue weighted by Crippen LogP contribution is 2.31. The number of rotatable bonds is 7. The van der Waals surface area contributed by atoms with Crippen LogP contribution in [0.4, 0.5) is 11.6 Å². The molecule has 0 radical (unpaired) electrons. The van der Waals surface area contributed by atoms with Crippen LogP contribution in [0.3, 0.4) is 0 Å². The first-order chi connectivity index (χ1) is 14.0. The van der Waals surface area contributed by atoms with Crippen molar-refractivity contribution in [1.82, 2.24) is 15.2 Å². The third-order valence-corrected chi connectivity index (χ3v) is 3.93. The number of benzene rings is 2. The van der Waals surface area contributed by atoms with Gasteiger partial charge in [-0.05, 0) is 24.3 Å². The fraction of sp³-hybridized carbons (Fsp3) is 0.105. The van der Waals surface area contributed by atoms with E-state index in [1.165, 1.54) is 25.3 Å². The summed E-state index contributed by atoms with van der Waals surface area (Å²) in [5.41, 5.74) is 0.853. The van der Waals surface area contributed by atoms with E-state index in [0.717, 1.165) is 0 Å². The number of nitro groups is 1. The molecule has 1 heterocycles. The van der Waals surface area contributed by atoms with Gasteiger partial charge in [0.25, 0.3) is 11.6 Å². The van der Waals surface area contributed by atoms with Crippen molar-refractivity contribution in [2.24, 2.45) is 0 Å². The first-order valence-electron chi connectivity index (χ1n) is 8.39. The number of nitro benzene ring substituents is 1. The highest BCUT2D eigenvalue weighted by atomic mass is 16.6. The van der Waals surface area contributed by atoms with Gasteiger partial charge in [0.15, 0.2) is 5.82 Å². The van der Waals surface area contributed by atoms with E-state index in [2.05, 4.69) is 20.5 Å². The first kappa shape index (κ1) is 19.5. The van der Waals surface area contributed by atoms with Crippen LogP contribution in [0.2, 0.25) is 0 Å². The van der Waals surface area contributed by atoms with Crippen molar-refractivity contribution < 1.29 is 19.2 Å². The van der Waals surface area contributed by atoms with E-state index in [4.69, 9.17) is 9.47 Å². The third kappa shape index (κ3) is 4.56. The molecule has 10 heteroatoms. The molecule has 3 aromatic rings. The Kier molecular flexibility index (Phi) is 5.83. The summed E-state index contributed by atoms with van der Waals surface area (Å²) in [6, 6.07) is 11.3. The van der Waals surface area contributed by atoms with Crippen molar-refractivity contribution in [3.8, 4) is 22.9 Å². The second-order valence-electron chi connectivity index (χ2n) is 5.71. The zero-order valence-corrected chi connectivity index (χ0v) is 15.6. The minimum Gasteiger partial charge on any atom is -0.497 e. The number of hydrogen-bond donors (Lipinski definition) is 2. The molecule has 1 aromatic heterocycles. The Morgan fingerprint density at radius 1 is 1.21 bits per heavy atom. The van der Waals surface area contributed by atoms with Crippen LogP contribution in [0.5, 0.6) is 11.5 Å². The van der Waals surface area contributed by atoms with E-state index in [0.29, 0.717) is 28.5 Å². The zero-order chi connectivity index (χ0) is 20.8. The summed E-state index contributed by atoms with van der Waals surface area (Å²) in [5.74, 6) is 1.06. The van der Waals surface area contributed by atoms with Crippen LogP contribution in [0.25, 0.3) is 17.5 Å². The molecule has 0 bridgehead atoms. The number of aromatic nitrogens is 3. The number of para-hydroxylation sites is 1. The molecule has 10 nitrogen and oxygen atoms in total. The average molecular weight is 395 g/mol. The van der Waals surface area contributed by atoms with Crippen molar-refractivity contribution in [2.45, 2.75) is 0 Å². The predicted molar refractivity (Wildman–Crippen MR) is 106 cm³/mol. The standard InChI is InChI=1S/C19H17N5O5/c1-28-13-8-9-14(16(11-13)29-2)18-21-19(23-22-18)20-17(25)10-7-12-5-3-4-6-15(12)24(26)27/h3-11H,1-2H3,(H2,20,21,22,23,25)/b10-7-. The molecule has 2 aromatic carbocycles. The Labute approximate surface area is 165 Å². The van der Waals surface area contributed by atoms with Gasteiger partial charge in [-0.3, -0.25) is 25.3 Å². The quantitative estimate of drug-likeness (QED) is 0.357. The maximum absolute atomic E-state index is 12.1. The van der Waals surface area contributed by atoms with Crippen molar-refractivity contribution in [3.63, 3.8) is 0 Å². The van der Waals surface area contributed by atoms with E-state index >= 15 is 0 Å². The van der Waals surface area contributed by atoms with Crippen molar-refractivity contribution >= 4 is 23.6 Å². The Morgan fingerprint density at radius 2 is 2.00 bits per heavy atom. The summed E-state index contributed by atoms with van der Waals surface area (Å²) < 4.78 is 10.5. The number of amides is 1. The van der Waals surface area contributed by atoms with Gasteiger partial charge in [0.05, 0.1) is 30.3 Å². The van der Waals surface area contributed by atoms with Crippen molar-refractivity contribution in [2.75, 3.05) is 19.5 Å². The maximum atomic E-state index is 12.1. The Morgan fingerprint density at radius 3 is 2.72 bits per heavy atom. The third-order valence-electron chi connectivity index (χ3n) is 3.93. The minimum absolute atomic E-state index is 0.0510. The Balaban J connectivity index is 1.74. The number of H-pyrrole nitrogens is 1. The lowest BCUT2D eigenvalue weighted by molar-refractivity contribution is -0.385. The van der Waals surface area contributed by atoms with E-state index in [1.807, 2.05) is 0 Å². The number of anilines is 1. The van der Waals surface area contributed by atoms with Crippen molar-refractivity contribution in [3.05, 3.63) is 64.2 Å². The van der Waals surface area contributed by atoms with E-state index < -0.39 is 10.8 Å². The lowest BCUT2D eigenvalue weighted by Crippen LogP contribution is -2.09. The number of hydrogen-bond acceptors (Lipinski definition) is 7. The summed E-state index contributed by atoms with van der Waals surface area (Å²) in [6.07, 6.45) is 2.53. The van der Waals surface area contributed by atoms with Gasteiger partial charge in [0, 0.05) is 18.2 Å². The first-order valence-corrected chi connectivity index (χ1v) is 8.39. The lowest BCUT2D eigenvalue weighted by atomic mass is 10.1. The fourth-order valence-corrected chi connectivity index (χ4v) is 2.54. The largest absolute Gasteiger partial charge is 0.497 e. The van der Waals surface area contributed by atoms with Crippen LogP contribution in [0, 0.1) is 10.1 Å². The SMILES string of the molecule is COc1ccc(-c2nc(NC(=O)/C=C\c3ccccc3[N+](=O)[O-])n[nH]2)c(OC)c1. The van der Waals surface area contributed by atoms with Crippen molar-refractivity contribution in [1.29, 1.82) is 0 Å². The molecule has 0 spiro atoms. The highest BCUT2D eigenvalue weighted by Gasteiger charge is 2.14. The number of nitrogens with one attached hydrogen (secondary N) is 2. The molecule has 0 unspecified atom stereocenters. The summed E-state index contributed by atoms with van der Waals surface area (Å²) >= 11 is 0. The van der Waals surface area contributed by atoms with Crippen LogP contribution < -0.4 is 14.8 Å². The fourth-order valence-electron chi connectivity index (χ4n) is 2.54. The molecule has 3 rings (SSSR count). The average Bonchev–Trinajstić information content (AvgIpc) is 3.19. The number of ether oxygens (including phenoxy) is 2. The molecular weight excluding hydrogens is 378 g/mol. The summed E-state index contributed by atoms with van der Waals surface area (Å²) in [7, 11) is 3.07. The molecule has 0 saturated heterocycles. The number of aromatic amines is 1. The van der Waals surface area contributed by atoms with Crippen LogP contribution in [-0.2, 0) is 4.79 Å². The van der Waals surface area contributed by atoms with Gasteiger partial charge in [0.2, 0.25) is 5.95 Å². The van der Waals surface area contributed by atoms with Gasteiger partial charge in [-0.25, -0.2) is 0 Å². The molecule has 2 N–H and O–H groups in total. The second kappa shape index (κ2) is 8.65. The minimum atomic E-state index is -0.532. The maximum Gasteiger partial charge on any atom is 0.276 e. The lowest BCUT2D eigenvalue weighted by Gasteiger charge is -2.07. The summed E-state index contributed by atoms with van der Waals surface area (Å²) in [5, 5.41) is 20.2.